The van der Waals surface area contributed by atoms with Gasteiger partial charge in [0.1, 0.15) is 6.61 Å². The molecule has 0 atom stereocenters. The lowest BCUT2D eigenvalue weighted by atomic mass is 10.1. The maximum atomic E-state index is 12.3. The molecule has 1 fully saturated rings. The average Bonchev–Trinajstić information content (AvgIpc) is 3.46. The minimum atomic E-state index is -0.447. The number of hydrogen-bond donors (Lipinski definition) is 0. The van der Waals surface area contributed by atoms with Gasteiger partial charge in [-0.1, -0.05) is 12.1 Å². The van der Waals surface area contributed by atoms with Gasteiger partial charge in [0.05, 0.1) is 5.56 Å². The highest BCUT2D eigenvalue weighted by Gasteiger charge is 2.19. The van der Waals surface area contributed by atoms with E-state index in [-0.39, 0.29) is 12.5 Å². The second kappa shape index (κ2) is 8.04. The van der Waals surface area contributed by atoms with Crippen molar-refractivity contribution in [1.82, 2.24) is 19.7 Å². The highest BCUT2D eigenvalue weighted by atomic mass is 16.5. The zero-order valence-corrected chi connectivity index (χ0v) is 15.3. The molecule has 0 bridgehead atoms. The van der Waals surface area contributed by atoms with Crippen molar-refractivity contribution in [2.75, 3.05) is 13.1 Å². The fourth-order valence-corrected chi connectivity index (χ4v) is 3.13. The monoisotopic (exact) mass is 376 g/mol. The van der Waals surface area contributed by atoms with E-state index in [2.05, 4.69) is 10.1 Å². The van der Waals surface area contributed by atoms with Gasteiger partial charge in [0.2, 0.25) is 0 Å². The van der Waals surface area contributed by atoms with E-state index in [1.807, 2.05) is 17.0 Å². The number of hydrogen-bond acceptors (Lipinski definition) is 5. The number of esters is 1. The van der Waals surface area contributed by atoms with Gasteiger partial charge < -0.3 is 9.64 Å². The van der Waals surface area contributed by atoms with Crippen LogP contribution in [0.4, 0.5) is 0 Å². The summed E-state index contributed by atoms with van der Waals surface area (Å²) in [6, 6.07) is 12.4. The molecule has 0 aliphatic carbocycles. The molecule has 3 aromatic rings. The first-order chi connectivity index (χ1) is 13.7. The van der Waals surface area contributed by atoms with Crippen molar-refractivity contribution in [2.45, 2.75) is 19.4 Å². The fraction of sp³-hybridized carbons (Fsp3) is 0.238. The standard InChI is InChI=1S/C21H20N4O3/c26-20(24-11-1-2-12-24)17-6-4-16(5-7-17)15-28-21(27)18-8-9-19(22-14-18)25-13-3-10-23-25/h3-10,13-14H,1-2,11-12,15H2. The predicted molar refractivity (Wildman–Crippen MR) is 102 cm³/mol. The molecular formula is C21H20N4O3. The Labute approximate surface area is 162 Å². The summed E-state index contributed by atoms with van der Waals surface area (Å²) in [4.78, 5) is 30.7. The molecule has 7 heteroatoms. The lowest BCUT2D eigenvalue weighted by Gasteiger charge is -2.15. The highest BCUT2D eigenvalue weighted by Crippen LogP contribution is 2.14. The van der Waals surface area contributed by atoms with Crippen molar-refractivity contribution in [3.63, 3.8) is 0 Å². The first-order valence-electron chi connectivity index (χ1n) is 9.22. The summed E-state index contributed by atoms with van der Waals surface area (Å²) >= 11 is 0. The number of aromatic nitrogens is 3. The van der Waals surface area contributed by atoms with Gasteiger partial charge in [-0.05, 0) is 48.7 Å². The second-order valence-corrected chi connectivity index (χ2v) is 6.63. The van der Waals surface area contributed by atoms with Gasteiger partial charge in [0, 0.05) is 37.2 Å². The average molecular weight is 376 g/mol. The van der Waals surface area contributed by atoms with Crippen LogP contribution in [0.25, 0.3) is 5.82 Å². The molecule has 28 heavy (non-hydrogen) atoms. The van der Waals surface area contributed by atoms with Crippen molar-refractivity contribution in [2.24, 2.45) is 0 Å². The molecule has 0 N–H and O–H groups in total. The Hall–Kier alpha value is -3.48. The van der Waals surface area contributed by atoms with Crippen LogP contribution in [0.2, 0.25) is 0 Å². The van der Waals surface area contributed by atoms with E-state index in [4.69, 9.17) is 4.74 Å². The van der Waals surface area contributed by atoms with Crippen molar-refractivity contribution in [3.8, 4) is 5.82 Å². The third kappa shape index (κ3) is 3.93. The Balaban J connectivity index is 1.33. The van der Waals surface area contributed by atoms with E-state index in [0.29, 0.717) is 16.9 Å². The number of rotatable bonds is 5. The zero-order valence-electron chi connectivity index (χ0n) is 15.3. The van der Waals surface area contributed by atoms with Crippen LogP contribution in [-0.2, 0) is 11.3 Å². The Morgan fingerprint density at radius 1 is 1.00 bits per heavy atom. The van der Waals surface area contributed by atoms with Gasteiger partial charge in [0.25, 0.3) is 5.91 Å². The van der Waals surface area contributed by atoms with E-state index < -0.39 is 5.97 Å². The summed E-state index contributed by atoms with van der Waals surface area (Å²) in [6.07, 6.45) is 7.04. The van der Waals surface area contributed by atoms with Crippen LogP contribution in [0.1, 0.15) is 39.1 Å². The lowest BCUT2D eigenvalue weighted by Crippen LogP contribution is -2.27. The summed E-state index contributed by atoms with van der Waals surface area (Å²) in [7, 11) is 0. The molecule has 0 unspecified atom stereocenters. The summed E-state index contributed by atoms with van der Waals surface area (Å²) in [5, 5.41) is 4.09. The third-order valence-corrected chi connectivity index (χ3v) is 4.69. The first-order valence-corrected chi connectivity index (χ1v) is 9.22. The number of likely N-dealkylation sites (tertiary alicyclic amines) is 1. The minimum absolute atomic E-state index is 0.0596. The number of amides is 1. The molecule has 1 aliphatic heterocycles. The van der Waals surface area contributed by atoms with Gasteiger partial charge in [0.15, 0.2) is 5.82 Å². The molecule has 0 spiro atoms. The van der Waals surface area contributed by atoms with E-state index in [9.17, 15) is 9.59 Å². The molecule has 1 aromatic carbocycles. The van der Waals surface area contributed by atoms with Crippen LogP contribution in [0.3, 0.4) is 0 Å². The Morgan fingerprint density at radius 3 is 2.39 bits per heavy atom. The molecule has 1 aliphatic rings. The van der Waals surface area contributed by atoms with E-state index in [1.54, 1.807) is 47.4 Å². The molecule has 0 saturated carbocycles. The van der Waals surface area contributed by atoms with Gasteiger partial charge in [-0.2, -0.15) is 5.10 Å². The Morgan fingerprint density at radius 2 is 1.75 bits per heavy atom. The maximum absolute atomic E-state index is 12.3. The smallest absolute Gasteiger partial charge is 0.340 e. The van der Waals surface area contributed by atoms with E-state index in [0.717, 1.165) is 31.5 Å². The molecular weight excluding hydrogens is 356 g/mol. The SMILES string of the molecule is O=C(OCc1ccc(C(=O)N2CCCC2)cc1)c1ccc(-n2cccn2)nc1. The summed E-state index contributed by atoms with van der Waals surface area (Å²) in [6.45, 7) is 1.79. The van der Waals surface area contributed by atoms with Crippen LogP contribution in [0.15, 0.2) is 61.1 Å². The van der Waals surface area contributed by atoms with Crippen molar-refractivity contribution in [3.05, 3.63) is 77.7 Å². The van der Waals surface area contributed by atoms with E-state index in [1.165, 1.54) is 6.20 Å². The van der Waals surface area contributed by atoms with Gasteiger partial charge in [-0.25, -0.2) is 14.5 Å². The number of ether oxygens (including phenoxy) is 1. The summed E-state index contributed by atoms with van der Waals surface area (Å²) < 4.78 is 6.96. The largest absolute Gasteiger partial charge is 0.457 e. The number of carbonyl (C=O) groups excluding carboxylic acids is 2. The summed E-state index contributed by atoms with van der Waals surface area (Å²) in [5.41, 5.74) is 1.86. The molecule has 7 nitrogen and oxygen atoms in total. The van der Waals surface area contributed by atoms with Gasteiger partial charge in [-0.3, -0.25) is 4.79 Å². The fourth-order valence-electron chi connectivity index (χ4n) is 3.13. The Kier molecular flexibility index (Phi) is 5.14. The number of pyridine rings is 1. The van der Waals surface area contributed by atoms with Crippen molar-refractivity contribution < 1.29 is 14.3 Å². The van der Waals surface area contributed by atoms with Gasteiger partial charge >= 0.3 is 5.97 Å². The quantitative estimate of drug-likeness (QED) is 0.640. The number of nitrogens with zero attached hydrogens (tertiary/aromatic N) is 4. The summed E-state index contributed by atoms with van der Waals surface area (Å²) in [5.74, 6) is 0.237. The molecule has 0 radical (unpaired) electrons. The van der Waals surface area contributed by atoms with Gasteiger partial charge in [-0.15, -0.1) is 0 Å². The van der Waals surface area contributed by atoms with Crippen LogP contribution in [0.5, 0.6) is 0 Å². The molecule has 1 amide bonds. The van der Waals surface area contributed by atoms with Crippen LogP contribution >= 0.6 is 0 Å². The first kappa shape index (κ1) is 17.9. The van der Waals surface area contributed by atoms with Crippen molar-refractivity contribution >= 4 is 11.9 Å². The number of benzene rings is 1. The number of carbonyl (C=O) groups is 2. The van der Waals surface area contributed by atoms with Crippen molar-refractivity contribution in [1.29, 1.82) is 0 Å². The van der Waals surface area contributed by atoms with Crippen LogP contribution in [-0.4, -0.2) is 44.6 Å². The molecule has 4 rings (SSSR count). The van der Waals surface area contributed by atoms with Crippen LogP contribution in [0, 0.1) is 0 Å². The second-order valence-electron chi connectivity index (χ2n) is 6.63. The predicted octanol–water partition coefficient (Wildman–Crippen LogP) is 2.86. The normalized spacial score (nSPS) is 13.5. The van der Waals surface area contributed by atoms with E-state index >= 15 is 0 Å². The minimum Gasteiger partial charge on any atom is -0.457 e. The highest BCUT2D eigenvalue weighted by molar-refractivity contribution is 5.94. The molecule has 3 heterocycles. The topological polar surface area (TPSA) is 77.3 Å². The maximum Gasteiger partial charge on any atom is 0.340 e. The molecule has 2 aromatic heterocycles. The lowest BCUT2D eigenvalue weighted by molar-refractivity contribution is 0.0472. The van der Waals surface area contributed by atoms with Crippen LogP contribution < -0.4 is 0 Å². The Bertz CT molecular complexity index is 944. The molecule has 1 saturated heterocycles. The third-order valence-electron chi connectivity index (χ3n) is 4.69. The zero-order chi connectivity index (χ0) is 19.3. The molecule has 142 valence electrons.